The second-order valence-electron chi connectivity index (χ2n) is 6.85. The van der Waals surface area contributed by atoms with Crippen molar-refractivity contribution in [1.82, 2.24) is 10.6 Å². The number of nitrogens with one attached hydrogen (secondary N) is 2. The monoisotopic (exact) mass is 411 g/mol. The molecule has 2 aromatic rings. The summed E-state index contributed by atoms with van der Waals surface area (Å²) in [4.78, 5) is 28.0. The summed E-state index contributed by atoms with van der Waals surface area (Å²) < 4.78 is 11.0. The average Bonchev–Trinajstić information content (AvgIpc) is 2.78. The molecule has 2 atom stereocenters. The third kappa shape index (κ3) is 6.59. The van der Waals surface area contributed by atoms with E-state index in [9.17, 15) is 14.7 Å². The summed E-state index contributed by atoms with van der Waals surface area (Å²) in [5.74, 6) is -0.587. The molecule has 158 valence electrons. The van der Waals surface area contributed by atoms with Crippen LogP contribution in [-0.2, 0) is 27.5 Å². The summed E-state index contributed by atoms with van der Waals surface area (Å²) in [6.45, 7) is 0.957. The van der Waals surface area contributed by atoms with E-state index in [0.29, 0.717) is 25.4 Å². The molecule has 0 unspecified atom stereocenters. The molecular formula is C22H25N3O5. The van der Waals surface area contributed by atoms with Gasteiger partial charge in [0, 0.05) is 6.54 Å². The van der Waals surface area contributed by atoms with Gasteiger partial charge in [-0.3, -0.25) is 4.99 Å². The minimum Gasteiger partial charge on any atom is -0.480 e. The first-order chi connectivity index (χ1) is 14.6. The van der Waals surface area contributed by atoms with Crippen molar-refractivity contribution in [3.63, 3.8) is 0 Å². The number of nitrogens with zero attached hydrogens (tertiary/aromatic N) is 1. The quantitative estimate of drug-likeness (QED) is 0.584. The maximum absolute atomic E-state index is 12.3. The van der Waals surface area contributed by atoms with E-state index < -0.39 is 24.1 Å². The molecule has 1 aliphatic rings. The van der Waals surface area contributed by atoms with Crippen LogP contribution in [0.1, 0.15) is 17.5 Å². The van der Waals surface area contributed by atoms with Gasteiger partial charge < -0.3 is 25.2 Å². The molecule has 3 rings (SSSR count). The van der Waals surface area contributed by atoms with Gasteiger partial charge in [-0.1, -0.05) is 60.7 Å². The van der Waals surface area contributed by atoms with Gasteiger partial charge in [-0.15, -0.1) is 0 Å². The highest BCUT2D eigenvalue weighted by Gasteiger charge is 2.28. The summed E-state index contributed by atoms with van der Waals surface area (Å²) in [7, 11) is 0. The largest absolute Gasteiger partial charge is 0.480 e. The molecule has 30 heavy (non-hydrogen) atoms. The maximum atomic E-state index is 12.3. The number of carboxylic acid groups (broad SMARTS) is 1. The number of carboxylic acids is 1. The predicted octanol–water partition coefficient (Wildman–Crippen LogP) is 2.34. The Labute approximate surface area is 174 Å². The molecule has 0 saturated heterocycles. The zero-order valence-electron chi connectivity index (χ0n) is 16.5. The number of hydrogen-bond donors (Lipinski definition) is 3. The van der Waals surface area contributed by atoms with Crippen molar-refractivity contribution in [2.45, 2.75) is 31.7 Å². The Balaban J connectivity index is 1.60. The fourth-order valence-corrected chi connectivity index (χ4v) is 2.97. The van der Waals surface area contributed by atoms with Gasteiger partial charge in [-0.25, -0.2) is 9.59 Å². The molecule has 0 bridgehead atoms. The van der Waals surface area contributed by atoms with Crippen molar-refractivity contribution in [2.75, 3.05) is 13.2 Å². The van der Waals surface area contributed by atoms with Gasteiger partial charge in [0.05, 0.1) is 13.2 Å². The lowest BCUT2D eigenvalue weighted by Gasteiger charge is -2.27. The first kappa shape index (κ1) is 21.3. The van der Waals surface area contributed by atoms with Gasteiger partial charge >= 0.3 is 12.1 Å². The van der Waals surface area contributed by atoms with E-state index in [1.807, 2.05) is 60.7 Å². The molecule has 1 aliphatic heterocycles. The number of ether oxygens (including phenoxy) is 2. The lowest BCUT2D eigenvalue weighted by molar-refractivity contribution is -0.139. The normalized spacial score (nSPS) is 16.7. The number of benzene rings is 2. The Morgan fingerprint density at radius 2 is 1.70 bits per heavy atom. The van der Waals surface area contributed by atoms with Crippen LogP contribution in [-0.4, -0.2) is 48.2 Å². The van der Waals surface area contributed by atoms with Crippen LogP contribution in [0.5, 0.6) is 0 Å². The summed E-state index contributed by atoms with van der Waals surface area (Å²) in [6.07, 6.45) is -0.247. The topological polar surface area (TPSA) is 109 Å². The van der Waals surface area contributed by atoms with Crippen molar-refractivity contribution in [2.24, 2.45) is 4.99 Å². The number of amidine groups is 1. The van der Waals surface area contributed by atoms with E-state index >= 15 is 0 Å². The molecular weight excluding hydrogens is 386 g/mol. The molecule has 2 aromatic carbocycles. The highest BCUT2D eigenvalue weighted by molar-refractivity contribution is 5.94. The van der Waals surface area contributed by atoms with Gasteiger partial charge in [0.1, 0.15) is 24.5 Å². The Morgan fingerprint density at radius 3 is 2.33 bits per heavy atom. The van der Waals surface area contributed by atoms with E-state index in [1.54, 1.807) is 0 Å². The Bertz CT molecular complexity index is 858. The van der Waals surface area contributed by atoms with Crippen LogP contribution < -0.4 is 10.6 Å². The zero-order valence-corrected chi connectivity index (χ0v) is 16.5. The van der Waals surface area contributed by atoms with Gasteiger partial charge in [0.15, 0.2) is 0 Å². The van der Waals surface area contributed by atoms with Crippen molar-refractivity contribution in [3.8, 4) is 0 Å². The van der Waals surface area contributed by atoms with E-state index in [4.69, 9.17) is 9.47 Å². The molecule has 0 fully saturated rings. The fraction of sp³-hybridized carbons (Fsp3) is 0.318. The number of alkyl carbamates (subject to hydrolysis) is 1. The van der Waals surface area contributed by atoms with Gasteiger partial charge in [-0.2, -0.15) is 0 Å². The molecule has 0 saturated carbocycles. The molecule has 8 heteroatoms. The van der Waals surface area contributed by atoms with Crippen molar-refractivity contribution in [3.05, 3.63) is 71.8 Å². The number of rotatable bonds is 9. The molecule has 1 heterocycles. The van der Waals surface area contributed by atoms with Crippen molar-refractivity contribution >= 4 is 17.9 Å². The number of aliphatic imine (C=N–C) groups is 1. The summed E-state index contributed by atoms with van der Waals surface area (Å²) >= 11 is 0. The standard InChI is InChI=1S/C22H25N3O5/c26-21(27)18-11-12-23-20(24-18)19(15-29-13-16-7-3-1-4-8-16)25-22(28)30-14-17-9-5-2-6-10-17/h1-10,18-19H,11-15H2,(H,23,24)(H,25,28)(H,26,27)/t18-,19-/m0/s1. The molecule has 0 aromatic heterocycles. The van der Waals surface area contributed by atoms with Crippen LogP contribution >= 0.6 is 0 Å². The van der Waals surface area contributed by atoms with Crippen LogP contribution in [0.4, 0.5) is 4.79 Å². The number of aliphatic carboxylic acids is 1. The molecule has 3 N–H and O–H groups in total. The van der Waals surface area contributed by atoms with E-state index in [0.717, 1.165) is 11.1 Å². The van der Waals surface area contributed by atoms with Crippen LogP contribution in [0.25, 0.3) is 0 Å². The van der Waals surface area contributed by atoms with Gasteiger partial charge in [-0.05, 0) is 17.5 Å². The highest BCUT2D eigenvalue weighted by atomic mass is 16.5. The van der Waals surface area contributed by atoms with Gasteiger partial charge in [0.2, 0.25) is 0 Å². The second kappa shape index (κ2) is 11.0. The number of carbonyl (C=O) groups excluding carboxylic acids is 1. The van der Waals surface area contributed by atoms with Crippen LogP contribution in [0.15, 0.2) is 65.7 Å². The minimum absolute atomic E-state index is 0.119. The third-order valence-corrected chi connectivity index (χ3v) is 4.55. The number of carbonyl (C=O) groups is 2. The summed E-state index contributed by atoms with van der Waals surface area (Å²) in [5.41, 5.74) is 1.86. The number of amides is 1. The first-order valence-electron chi connectivity index (χ1n) is 9.74. The lowest BCUT2D eigenvalue weighted by Crippen LogP contribution is -2.55. The van der Waals surface area contributed by atoms with Crippen LogP contribution in [0.2, 0.25) is 0 Å². The van der Waals surface area contributed by atoms with Crippen molar-refractivity contribution in [1.29, 1.82) is 0 Å². The molecule has 1 amide bonds. The smallest absolute Gasteiger partial charge is 0.408 e. The third-order valence-electron chi connectivity index (χ3n) is 4.55. The maximum Gasteiger partial charge on any atom is 0.408 e. The Kier molecular flexibility index (Phi) is 7.79. The lowest BCUT2D eigenvalue weighted by atomic mass is 10.1. The number of hydrogen-bond acceptors (Lipinski definition) is 6. The molecule has 8 nitrogen and oxygen atoms in total. The second-order valence-corrected chi connectivity index (χ2v) is 6.85. The first-order valence-corrected chi connectivity index (χ1v) is 9.74. The SMILES string of the molecule is O=C(N[C@@H](COCc1ccccc1)C1=NCC[C@@H](C(=O)O)N1)OCc1ccccc1. The fourth-order valence-electron chi connectivity index (χ4n) is 2.97. The highest BCUT2D eigenvalue weighted by Crippen LogP contribution is 2.07. The molecule has 0 radical (unpaired) electrons. The van der Waals surface area contributed by atoms with E-state index in [2.05, 4.69) is 15.6 Å². The zero-order chi connectivity index (χ0) is 21.2. The van der Waals surface area contributed by atoms with Crippen LogP contribution in [0, 0.1) is 0 Å². The Morgan fingerprint density at radius 1 is 1.07 bits per heavy atom. The predicted molar refractivity (Wildman–Crippen MR) is 111 cm³/mol. The average molecular weight is 411 g/mol. The molecule has 0 spiro atoms. The van der Waals surface area contributed by atoms with E-state index in [1.165, 1.54) is 0 Å². The van der Waals surface area contributed by atoms with Gasteiger partial charge in [0.25, 0.3) is 0 Å². The Hall–Kier alpha value is -3.39. The van der Waals surface area contributed by atoms with E-state index in [-0.39, 0.29) is 13.2 Å². The minimum atomic E-state index is -0.960. The van der Waals surface area contributed by atoms with Crippen LogP contribution in [0.3, 0.4) is 0 Å². The molecule has 0 aliphatic carbocycles. The summed E-state index contributed by atoms with van der Waals surface area (Å²) in [6, 6.07) is 17.6. The van der Waals surface area contributed by atoms with Crippen molar-refractivity contribution < 1.29 is 24.2 Å². The summed E-state index contributed by atoms with van der Waals surface area (Å²) in [5, 5.41) is 14.9.